The van der Waals surface area contributed by atoms with Gasteiger partial charge in [-0.25, -0.2) is 5.84 Å². The highest BCUT2D eigenvalue weighted by Crippen LogP contribution is 2.22. The third-order valence-electron chi connectivity index (χ3n) is 5.49. The fourth-order valence-electron chi connectivity index (χ4n) is 3.62. The molecular formula is C24H23N7O3S. The molecule has 1 aliphatic rings. The van der Waals surface area contributed by atoms with E-state index in [1.165, 1.54) is 11.0 Å². The fourth-order valence-corrected chi connectivity index (χ4v) is 3.89. The van der Waals surface area contributed by atoms with Crippen LogP contribution in [-0.4, -0.2) is 44.3 Å². The Morgan fingerprint density at radius 1 is 1.09 bits per heavy atom. The largest absolute Gasteiger partial charge is 0.508 e. The summed E-state index contributed by atoms with van der Waals surface area (Å²) in [6.45, 7) is 0.286. The number of hydrogen-bond donors (Lipinski definition) is 6. The summed E-state index contributed by atoms with van der Waals surface area (Å²) in [7, 11) is 0. The van der Waals surface area contributed by atoms with Crippen molar-refractivity contribution in [3.63, 3.8) is 0 Å². The van der Waals surface area contributed by atoms with Crippen LogP contribution in [0.15, 0.2) is 71.3 Å². The van der Waals surface area contributed by atoms with E-state index in [-0.39, 0.29) is 23.0 Å². The molecule has 1 fully saturated rings. The number of nitrogens with zero attached hydrogens (tertiary/aromatic N) is 2. The normalized spacial score (nSPS) is 15.5. The van der Waals surface area contributed by atoms with Crippen LogP contribution in [0.25, 0.3) is 17.3 Å². The summed E-state index contributed by atoms with van der Waals surface area (Å²) in [5, 5.41) is 15.7. The quantitative estimate of drug-likeness (QED) is 0.0579. The highest BCUT2D eigenvalue weighted by molar-refractivity contribution is 7.80. The molecule has 0 bridgehead atoms. The number of nitrogens with two attached hydrogens (primary N) is 2. The van der Waals surface area contributed by atoms with Crippen molar-refractivity contribution in [3.8, 4) is 17.0 Å². The zero-order valence-electron chi connectivity index (χ0n) is 18.5. The van der Waals surface area contributed by atoms with Crippen molar-refractivity contribution in [2.24, 2.45) is 16.8 Å². The molecule has 0 spiro atoms. The van der Waals surface area contributed by atoms with Crippen LogP contribution in [0, 0.1) is 0 Å². The summed E-state index contributed by atoms with van der Waals surface area (Å²) in [5.74, 6) is 10.2. The predicted octanol–water partition coefficient (Wildman–Crippen LogP) is 1.34. The molecule has 2 amide bonds. The summed E-state index contributed by atoms with van der Waals surface area (Å²) in [6.07, 6.45) is 2.01. The Balaban J connectivity index is 1.51. The molecule has 1 aromatic heterocycles. The molecule has 178 valence electrons. The Morgan fingerprint density at radius 2 is 1.80 bits per heavy atom. The number of hydrazine groups is 1. The maximum absolute atomic E-state index is 13.1. The standard InChI is InChI=1S/C24H23N7O3S/c25-29-21(30-26)16-5-3-15(4-6-16)20-10-7-17(27-20)13-19-22(33)28-24(35)31(23(19)34)12-11-14-1-8-18(32)9-2-14/h1-10,13,27,32H,11-12,25-26H2,(H,29,30)(H,28,33,35)/b19-13+. The second-order valence-corrected chi connectivity index (χ2v) is 8.10. The number of phenols is 1. The average Bonchev–Trinajstić information content (AvgIpc) is 3.33. The number of phenolic OH excluding ortho intramolecular Hbond substituents is 1. The van der Waals surface area contributed by atoms with Crippen LogP contribution in [0.4, 0.5) is 0 Å². The number of carbonyl (C=O) groups is 2. The van der Waals surface area contributed by atoms with Gasteiger partial charge in [0, 0.05) is 23.5 Å². The summed E-state index contributed by atoms with van der Waals surface area (Å²) in [5.41, 5.74) is 6.31. The van der Waals surface area contributed by atoms with Crippen molar-refractivity contribution in [3.05, 3.63) is 83.1 Å². The van der Waals surface area contributed by atoms with Gasteiger partial charge in [0.05, 0.1) is 0 Å². The van der Waals surface area contributed by atoms with Gasteiger partial charge in [-0.15, -0.1) is 0 Å². The molecule has 0 aliphatic carbocycles. The number of aromatic hydroxyl groups is 1. The second kappa shape index (κ2) is 10.2. The van der Waals surface area contributed by atoms with Gasteiger partial charge in [-0.2, -0.15) is 5.10 Å². The summed E-state index contributed by atoms with van der Waals surface area (Å²) in [6, 6.07) is 17.7. The first-order valence-electron chi connectivity index (χ1n) is 10.6. The number of nitrogens with one attached hydrogen (secondary N) is 3. The van der Waals surface area contributed by atoms with E-state index in [4.69, 9.17) is 23.9 Å². The Hall–Kier alpha value is -4.48. The third kappa shape index (κ3) is 5.21. The van der Waals surface area contributed by atoms with Crippen LogP contribution in [0.2, 0.25) is 0 Å². The van der Waals surface area contributed by atoms with Gasteiger partial charge in [-0.1, -0.05) is 36.4 Å². The van der Waals surface area contributed by atoms with Gasteiger partial charge in [-0.05, 0) is 60.1 Å². The molecule has 4 rings (SSSR count). The van der Waals surface area contributed by atoms with Gasteiger partial charge in [0.1, 0.15) is 11.3 Å². The number of hydrogen-bond acceptors (Lipinski definition) is 7. The zero-order valence-corrected chi connectivity index (χ0v) is 19.3. The maximum atomic E-state index is 13.1. The third-order valence-corrected chi connectivity index (χ3v) is 5.81. The number of aromatic amines is 1. The molecule has 10 nitrogen and oxygen atoms in total. The number of aromatic nitrogens is 1. The molecule has 35 heavy (non-hydrogen) atoms. The van der Waals surface area contributed by atoms with Crippen LogP contribution in [-0.2, 0) is 16.0 Å². The molecule has 1 saturated heterocycles. The maximum Gasteiger partial charge on any atom is 0.265 e. The van der Waals surface area contributed by atoms with E-state index >= 15 is 0 Å². The lowest BCUT2D eigenvalue weighted by molar-refractivity contribution is -0.128. The number of thiocarbonyl (C=S) groups is 1. The predicted molar refractivity (Wildman–Crippen MR) is 137 cm³/mol. The molecular weight excluding hydrogens is 466 g/mol. The molecule has 8 N–H and O–H groups in total. The van der Waals surface area contributed by atoms with Gasteiger partial charge < -0.3 is 21.4 Å². The molecule has 0 atom stereocenters. The monoisotopic (exact) mass is 489 g/mol. The van der Waals surface area contributed by atoms with Crippen molar-refractivity contribution in [1.29, 1.82) is 0 Å². The van der Waals surface area contributed by atoms with Gasteiger partial charge in [-0.3, -0.25) is 19.8 Å². The number of amides is 2. The number of H-pyrrole nitrogens is 1. The summed E-state index contributed by atoms with van der Waals surface area (Å²) in [4.78, 5) is 30.2. The van der Waals surface area contributed by atoms with Crippen molar-refractivity contribution in [2.75, 3.05) is 6.54 Å². The zero-order chi connectivity index (χ0) is 24.9. The molecule has 11 heteroatoms. The number of rotatable bonds is 6. The average molecular weight is 490 g/mol. The minimum Gasteiger partial charge on any atom is -0.508 e. The highest BCUT2D eigenvalue weighted by atomic mass is 32.1. The fraction of sp³-hybridized carbons (Fsp3) is 0.0833. The van der Waals surface area contributed by atoms with Crippen LogP contribution >= 0.6 is 12.2 Å². The second-order valence-electron chi connectivity index (χ2n) is 7.72. The van der Waals surface area contributed by atoms with E-state index in [1.807, 2.05) is 30.3 Å². The molecule has 1 aliphatic heterocycles. The SMILES string of the molecule is N/N=C(\NN)c1ccc(-c2ccc(/C=C3\C(=O)NC(=S)N(CCc4ccc(O)cc4)C3=O)[nH]2)cc1. The van der Waals surface area contributed by atoms with Gasteiger partial charge >= 0.3 is 0 Å². The van der Waals surface area contributed by atoms with E-state index in [0.717, 1.165) is 22.4 Å². The molecule has 0 saturated carbocycles. The van der Waals surface area contributed by atoms with E-state index in [2.05, 4.69) is 20.8 Å². The lowest BCUT2D eigenvalue weighted by Gasteiger charge is -2.28. The summed E-state index contributed by atoms with van der Waals surface area (Å²) < 4.78 is 0. The smallest absolute Gasteiger partial charge is 0.265 e. The van der Waals surface area contributed by atoms with Crippen molar-refractivity contribution in [1.82, 2.24) is 20.6 Å². The first-order valence-corrected chi connectivity index (χ1v) is 11.0. The van der Waals surface area contributed by atoms with Crippen LogP contribution in [0.3, 0.4) is 0 Å². The van der Waals surface area contributed by atoms with E-state index in [9.17, 15) is 14.7 Å². The van der Waals surface area contributed by atoms with Gasteiger partial charge in [0.15, 0.2) is 10.9 Å². The van der Waals surface area contributed by atoms with Crippen LogP contribution < -0.4 is 22.4 Å². The van der Waals surface area contributed by atoms with E-state index < -0.39 is 11.8 Å². The van der Waals surface area contributed by atoms with Crippen molar-refractivity contribution >= 4 is 41.1 Å². The van der Waals surface area contributed by atoms with Crippen molar-refractivity contribution < 1.29 is 14.7 Å². The number of amidine groups is 1. The molecule has 0 radical (unpaired) electrons. The molecule has 0 unspecified atom stereocenters. The Kier molecular flexibility index (Phi) is 6.90. The minimum absolute atomic E-state index is 0.0223. The molecule has 2 aromatic carbocycles. The number of benzene rings is 2. The lowest BCUT2D eigenvalue weighted by Crippen LogP contribution is -2.54. The van der Waals surface area contributed by atoms with Gasteiger partial charge in [0.25, 0.3) is 11.8 Å². The van der Waals surface area contributed by atoms with Crippen LogP contribution in [0.5, 0.6) is 5.75 Å². The number of carbonyl (C=O) groups excluding carboxylic acids is 2. The first kappa shape index (κ1) is 23.7. The molecule has 3 aromatic rings. The topological polar surface area (TPSA) is 162 Å². The molecule has 2 heterocycles. The lowest BCUT2D eigenvalue weighted by atomic mass is 10.1. The summed E-state index contributed by atoms with van der Waals surface area (Å²) >= 11 is 5.22. The first-order chi connectivity index (χ1) is 16.9. The Labute approximate surface area is 206 Å². The van der Waals surface area contributed by atoms with Crippen LogP contribution in [0.1, 0.15) is 16.8 Å². The van der Waals surface area contributed by atoms with Gasteiger partial charge in [0.2, 0.25) is 0 Å². The van der Waals surface area contributed by atoms with E-state index in [1.54, 1.807) is 30.3 Å². The Morgan fingerprint density at radius 3 is 2.46 bits per heavy atom. The van der Waals surface area contributed by atoms with Crippen molar-refractivity contribution in [2.45, 2.75) is 6.42 Å². The minimum atomic E-state index is -0.552. The highest BCUT2D eigenvalue weighted by Gasteiger charge is 2.33. The van der Waals surface area contributed by atoms with E-state index in [0.29, 0.717) is 18.0 Å². The number of hydrazone groups is 1. The Bertz CT molecular complexity index is 1330.